The summed E-state index contributed by atoms with van der Waals surface area (Å²) in [6.07, 6.45) is 0. The van der Waals surface area contributed by atoms with E-state index in [0.717, 1.165) is 5.76 Å². The zero-order valence-corrected chi connectivity index (χ0v) is 12.4. The van der Waals surface area contributed by atoms with Gasteiger partial charge in [0, 0.05) is 0 Å². The number of carbonyl (C=O) groups is 1. The number of aromatic nitrogens is 2. The summed E-state index contributed by atoms with van der Waals surface area (Å²) in [6, 6.07) is 6.75. The van der Waals surface area contributed by atoms with E-state index in [9.17, 15) is 4.79 Å². The van der Waals surface area contributed by atoms with Crippen LogP contribution in [0, 0.1) is 6.92 Å². The van der Waals surface area contributed by atoms with E-state index in [2.05, 4.69) is 4.98 Å². The van der Waals surface area contributed by atoms with Crippen molar-refractivity contribution in [1.82, 2.24) is 9.55 Å². The number of hydrogen-bond acceptors (Lipinski definition) is 3. The summed E-state index contributed by atoms with van der Waals surface area (Å²) in [6.45, 7) is 1.56. The van der Waals surface area contributed by atoms with Crippen LogP contribution in [0.4, 0.5) is 0 Å². The molecule has 0 bridgehead atoms. The Bertz CT molecular complexity index is 851. The van der Waals surface area contributed by atoms with E-state index in [4.69, 9.17) is 32.7 Å². The lowest BCUT2D eigenvalue weighted by molar-refractivity contribution is -0.137. The molecule has 1 aromatic carbocycles. The summed E-state index contributed by atoms with van der Waals surface area (Å²) in [7, 11) is 0. The van der Waals surface area contributed by atoms with Crippen LogP contribution in [-0.2, 0) is 11.3 Å². The number of aliphatic carboxylic acids is 1. The average Bonchev–Trinajstić information content (AvgIpc) is 2.95. The highest BCUT2D eigenvalue weighted by molar-refractivity contribution is 6.42. The van der Waals surface area contributed by atoms with Crippen molar-refractivity contribution in [2.45, 2.75) is 13.5 Å². The Morgan fingerprint density at radius 3 is 2.67 bits per heavy atom. The van der Waals surface area contributed by atoms with Crippen LogP contribution in [0.3, 0.4) is 0 Å². The third-order valence-corrected chi connectivity index (χ3v) is 3.77. The van der Waals surface area contributed by atoms with Crippen LogP contribution in [0.25, 0.3) is 22.6 Å². The summed E-state index contributed by atoms with van der Waals surface area (Å²) in [5, 5.41) is 9.82. The number of rotatable bonds is 3. The lowest BCUT2D eigenvalue weighted by Crippen LogP contribution is -2.09. The summed E-state index contributed by atoms with van der Waals surface area (Å²) >= 11 is 12.0. The number of carboxylic acid groups (broad SMARTS) is 1. The highest BCUT2D eigenvalue weighted by Crippen LogP contribution is 2.31. The molecule has 0 amide bonds. The number of carboxylic acids is 1. The number of imidazole rings is 1. The Balaban J connectivity index is 2.29. The van der Waals surface area contributed by atoms with E-state index in [1.165, 1.54) is 4.57 Å². The van der Waals surface area contributed by atoms with Gasteiger partial charge < -0.3 is 14.1 Å². The van der Waals surface area contributed by atoms with Gasteiger partial charge in [-0.15, -0.1) is 0 Å². The van der Waals surface area contributed by atoms with Gasteiger partial charge in [-0.1, -0.05) is 23.2 Å². The molecule has 0 radical (unpaired) electrons. The number of benzene rings is 1. The second kappa shape index (κ2) is 5.09. The highest BCUT2D eigenvalue weighted by Gasteiger charge is 2.18. The SMILES string of the molecule is Cc1ccc(-c2nc3cc(Cl)c(Cl)cc3n2CC(=O)O)o1. The third-order valence-electron chi connectivity index (χ3n) is 3.04. The van der Waals surface area contributed by atoms with E-state index >= 15 is 0 Å². The molecular weight excluding hydrogens is 315 g/mol. The van der Waals surface area contributed by atoms with Gasteiger partial charge in [-0.25, -0.2) is 4.98 Å². The maximum atomic E-state index is 11.1. The van der Waals surface area contributed by atoms with Crippen LogP contribution >= 0.6 is 23.2 Å². The van der Waals surface area contributed by atoms with Crippen LogP contribution in [0.1, 0.15) is 5.76 Å². The van der Waals surface area contributed by atoms with Gasteiger partial charge in [-0.05, 0) is 31.2 Å². The maximum Gasteiger partial charge on any atom is 0.323 e. The van der Waals surface area contributed by atoms with Gasteiger partial charge in [-0.3, -0.25) is 4.79 Å². The fraction of sp³-hybridized carbons (Fsp3) is 0.143. The smallest absolute Gasteiger partial charge is 0.323 e. The summed E-state index contributed by atoms with van der Waals surface area (Å²) in [4.78, 5) is 15.5. The second-order valence-corrected chi connectivity index (χ2v) is 5.40. The van der Waals surface area contributed by atoms with Crippen molar-refractivity contribution in [3.05, 3.63) is 40.1 Å². The summed E-state index contributed by atoms with van der Waals surface area (Å²) < 4.78 is 7.08. The van der Waals surface area contributed by atoms with Crippen LogP contribution in [-0.4, -0.2) is 20.6 Å². The molecule has 7 heteroatoms. The molecule has 3 aromatic rings. The Morgan fingerprint density at radius 2 is 2.05 bits per heavy atom. The molecule has 108 valence electrons. The molecule has 2 aromatic heterocycles. The van der Waals surface area contributed by atoms with Crippen molar-refractivity contribution in [1.29, 1.82) is 0 Å². The molecular formula is C14H10Cl2N2O3. The number of nitrogens with zero attached hydrogens (tertiary/aromatic N) is 2. The molecule has 1 N–H and O–H groups in total. The highest BCUT2D eigenvalue weighted by atomic mass is 35.5. The van der Waals surface area contributed by atoms with Crippen molar-refractivity contribution in [3.8, 4) is 11.6 Å². The molecule has 0 unspecified atom stereocenters. The quantitative estimate of drug-likeness (QED) is 0.790. The Labute approximate surface area is 129 Å². The lowest BCUT2D eigenvalue weighted by Gasteiger charge is -2.04. The van der Waals surface area contributed by atoms with Gasteiger partial charge in [-0.2, -0.15) is 0 Å². The number of fused-ring (bicyclic) bond motifs is 1. The van der Waals surface area contributed by atoms with Crippen LogP contribution < -0.4 is 0 Å². The first kappa shape index (κ1) is 14.0. The molecule has 0 atom stereocenters. The zero-order chi connectivity index (χ0) is 15.1. The largest absolute Gasteiger partial charge is 0.480 e. The van der Waals surface area contributed by atoms with E-state index in [1.807, 2.05) is 0 Å². The molecule has 0 fully saturated rings. The predicted octanol–water partition coefficient (Wildman–Crippen LogP) is 4.00. The normalized spacial score (nSPS) is 11.2. The van der Waals surface area contributed by atoms with Crippen molar-refractivity contribution in [2.24, 2.45) is 0 Å². The minimum absolute atomic E-state index is 0.246. The Hall–Kier alpha value is -1.98. The van der Waals surface area contributed by atoms with Gasteiger partial charge in [0.25, 0.3) is 0 Å². The van der Waals surface area contributed by atoms with Gasteiger partial charge in [0.1, 0.15) is 12.3 Å². The Kier molecular flexibility index (Phi) is 3.39. The van der Waals surface area contributed by atoms with Gasteiger partial charge in [0.2, 0.25) is 0 Å². The molecule has 0 spiro atoms. The topological polar surface area (TPSA) is 68.3 Å². The fourth-order valence-electron chi connectivity index (χ4n) is 2.16. The molecule has 0 aliphatic rings. The minimum Gasteiger partial charge on any atom is -0.480 e. The number of furan rings is 1. The van der Waals surface area contributed by atoms with Crippen molar-refractivity contribution in [2.75, 3.05) is 0 Å². The molecule has 0 aliphatic carbocycles. The zero-order valence-electron chi connectivity index (χ0n) is 10.9. The number of hydrogen-bond donors (Lipinski definition) is 1. The first-order valence-electron chi connectivity index (χ1n) is 6.09. The fourth-order valence-corrected chi connectivity index (χ4v) is 2.47. The van der Waals surface area contributed by atoms with E-state index in [-0.39, 0.29) is 6.54 Å². The average molecular weight is 325 g/mol. The Morgan fingerprint density at radius 1 is 1.33 bits per heavy atom. The first-order chi connectivity index (χ1) is 9.95. The number of aryl methyl sites for hydroxylation is 1. The summed E-state index contributed by atoms with van der Waals surface area (Å²) in [5.41, 5.74) is 1.16. The van der Waals surface area contributed by atoms with Crippen molar-refractivity contribution < 1.29 is 14.3 Å². The van der Waals surface area contributed by atoms with Gasteiger partial charge in [0.05, 0.1) is 21.1 Å². The van der Waals surface area contributed by atoms with E-state index in [0.29, 0.717) is 32.7 Å². The monoisotopic (exact) mass is 324 g/mol. The van der Waals surface area contributed by atoms with Crippen molar-refractivity contribution >= 4 is 40.2 Å². The molecule has 21 heavy (non-hydrogen) atoms. The van der Waals surface area contributed by atoms with E-state index in [1.54, 1.807) is 31.2 Å². The molecule has 5 nitrogen and oxygen atoms in total. The van der Waals surface area contributed by atoms with Crippen LogP contribution in [0.15, 0.2) is 28.7 Å². The van der Waals surface area contributed by atoms with Crippen LogP contribution in [0.2, 0.25) is 10.0 Å². The first-order valence-corrected chi connectivity index (χ1v) is 6.85. The van der Waals surface area contributed by atoms with Crippen molar-refractivity contribution in [3.63, 3.8) is 0 Å². The molecule has 0 saturated carbocycles. The second-order valence-electron chi connectivity index (χ2n) is 4.58. The van der Waals surface area contributed by atoms with Gasteiger partial charge in [0.15, 0.2) is 11.6 Å². The minimum atomic E-state index is -0.982. The van der Waals surface area contributed by atoms with Crippen LogP contribution in [0.5, 0.6) is 0 Å². The third kappa shape index (κ3) is 2.50. The standard InChI is InChI=1S/C14H10Cl2N2O3/c1-7-2-3-12(21-7)14-17-10-4-8(15)9(16)5-11(10)18(14)6-13(19)20/h2-5H,6H2,1H3,(H,19,20). The molecule has 0 saturated heterocycles. The predicted molar refractivity (Wildman–Crippen MR) is 79.8 cm³/mol. The molecule has 3 rings (SSSR count). The molecule has 0 aliphatic heterocycles. The molecule has 2 heterocycles. The number of halogens is 2. The lowest BCUT2D eigenvalue weighted by atomic mass is 10.3. The summed E-state index contributed by atoms with van der Waals surface area (Å²) in [5.74, 6) is 0.663. The van der Waals surface area contributed by atoms with Gasteiger partial charge >= 0.3 is 5.97 Å². The maximum absolute atomic E-state index is 11.1. The van der Waals surface area contributed by atoms with E-state index < -0.39 is 5.97 Å².